The third kappa shape index (κ3) is 3.09. The Kier molecular flexibility index (Phi) is 3.87. The molecule has 1 aliphatic rings. The Morgan fingerprint density at radius 1 is 1.41 bits per heavy atom. The number of rotatable bonds is 1. The lowest BCUT2D eigenvalue weighted by atomic mass is 9.99. The minimum Gasteiger partial charge on any atom is -0.338 e. The minimum atomic E-state index is 0.168. The molecule has 2 rings (SSSR count). The number of hydrogen-bond donors (Lipinski definition) is 0. The molecule has 1 unspecified atom stereocenters. The predicted octanol–water partition coefficient (Wildman–Crippen LogP) is 3.63. The third-order valence-corrected chi connectivity index (χ3v) is 3.69. The van der Waals surface area contributed by atoms with Gasteiger partial charge in [-0.2, -0.15) is 0 Å². The van der Waals surface area contributed by atoms with Gasteiger partial charge in [0.2, 0.25) is 0 Å². The fourth-order valence-corrected chi connectivity index (χ4v) is 3.02. The summed E-state index contributed by atoms with van der Waals surface area (Å²) in [6.07, 6.45) is 2.36. The average Bonchev–Trinajstić information content (AvgIpc) is 2.26. The maximum Gasteiger partial charge on any atom is 0.253 e. The molecule has 0 saturated carbocycles. The second-order valence-electron chi connectivity index (χ2n) is 5.02. The van der Waals surface area contributed by atoms with Gasteiger partial charge in [-0.25, -0.2) is 0 Å². The minimum absolute atomic E-state index is 0.168. The Morgan fingerprint density at radius 3 is 2.82 bits per heavy atom. The maximum atomic E-state index is 12.4. The average molecular weight is 296 g/mol. The second-order valence-corrected chi connectivity index (χ2v) is 5.93. The Morgan fingerprint density at radius 2 is 2.18 bits per heavy atom. The van der Waals surface area contributed by atoms with E-state index in [4.69, 9.17) is 0 Å². The van der Waals surface area contributed by atoms with E-state index in [-0.39, 0.29) is 5.91 Å². The highest BCUT2D eigenvalue weighted by molar-refractivity contribution is 9.10. The van der Waals surface area contributed by atoms with Gasteiger partial charge in [-0.3, -0.25) is 4.79 Å². The van der Waals surface area contributed by atoms with Crippen LogP contribution in [0.4, 0.5) is 0 Å². The van der Waals surface area contributed by atoms with Gasteiger partial charge in [0, 0.05) is 23.1 Å². The van der Waals surface area contributed by atoms with Gasteiger partial charge in [0.1, 0.15) is 0 Å². The van der Waals surface area contributed by atoms with E-state index in [1.54, 1.807) is 0 Å². The quantitative estimate of drug-likeness (QED) is 0.775. The molecule has 1 atom stereocenters. The van der Waals surface area contributed by atoms with E-state index in [1.807, 2.05) is 30.0 Å². The molecule has 1 amide bonds. The zero-order valence-electron chi connectivity index (χ0n) is 10.4. The maximum absolute atomic E-state index is 12.4. The van der Waals surface area contributed by atoms with Gasteiger partial charge in [-0.1, -0.05) is 22.9 Å². The zero-order valence-corrected chi connectivity index (χ0v) is 12.0. The fourth-order valence-electron chi connectivity index (χ4n) is 2.42. The van der Waals surface area contributed by atoms with E-state index in [9.17, 15) is 4.79 Å². The molecule has 1 aliphatic heterocycles. The number of hydrogen-bond acceptors (Lipinski definition) is 1. The van der Waals surface area contributed by atoms with Crippen molar-refractivity contribution < 1.29 is 4.79 Å². The summed E-state index contributed by atoms with van der Waals surface area (Å²) in [5.74, 6) is 0.793. The highest BCUT2D eigenvalue weighted by Crippen LogP contribution is 2.20. The molecule has 2 nitrogen and oxygen atoms in total. The molecule has 0 radical (unpaired) electrons. The highest BCUT2D eigenvalue weighted by atomic mass is 79.9. The van der Waals surface area contributed by atoms with Crippen molar-refractivity contribution in [2.45, 2.75) is 26.7 Å². The Labute approximate surface area is 111 Å². The first-order valence-electron chi connectivity index (χ1n) is 6.13. The van der Waals surface area contributed by atoms with Crippen LogP contribution in [-0.2, 0) is 0 Å². The Balaban J connectivity index is 2.18. The monoisotopic (exact) mass is 295 g/mol. The summed E-state index contributed by atoms with van der Waals surface area (Å²) in [4.78, 5) is 14.3. The number of aryl methyl sites for hydroxylation is 1. The Hall–Kier alpha value is -0.830. The molecule has 0 aromatic heterocycles. The molecule has 92 valence electrons. The molecule has 0 spiro atoms. The van der Waals surface area contributed by atoms with Gasteiger partial charge in [-0.15, -0.1) is 0 Å². The van der Waals surface area contributed by atoms with Gasteiger partial charge in [0.25, 0.3) is 5.91 Å². The van der Waals surface area contributed by atoms with Gasteiger partial charge in [0.15, 0.2) is 0 Å². The number of benzene rings is 1. The van der Waals surface area contributed by atoms with Crippen LogP contribution in [0.1, 0.15) is 35.7 Å². The number of nitrogens with zero attached hydrogens (tertiary/aromatic N) is 1. The molecular formula is C14H18BrNO. The van der Waals surface area contributed by atoms with Gasteiger partial charge in [0.05, 0.1) is 0 Å². The number of piperidine rings is 1. The van der Waals surface area contributed by atoms with E-state index in [0.29, 0.717) is 5.92 Å². The predicted molar refractivity (Wildman–Crippen MR) is 73.2 cm³/mol. The van der Waals surface area contributed by atoms with Crippen LogP contribution in [0, 0.1) is 12.8 Å². The lowest BCUT2D eigenvalue weighted by Gasteiger charge is -2.31. The first-order chi connectivity index (χ1) is 8.06. The summed E-state index contributed by atoms with van der Waals surface area (Å²) < 4.78 is 0.978. The van der Waals surface area contributed by atoms with Crippen LogP contribution >= 0.6 is 15.9 Å². The van der Waals surface area contributed by atoms with E-state index < -0.39 is 0 Å². The zero-order chi connectivity index (χ0) is 12.4. The van der Waals surface area contributed by atoms with Crippen molar-refractivity contribution >= 4 is 21.8 Å². The number of likely N-dealkylation sites (tertiary alicyclic amines) is 1. The second kappa shape index (κ2) is 5.21. The summed E-state index contributed by atoms with van der Waals surface area (Å²) in [7, 11) is 0. The molecule has 1 saturated heterocycles. The SMILES string of the molecule is Cc1cc(Br)cc(C(=O)N2CCCC(C)C2)c1. The van der Waals surface area contributed by atoms with Crippen LogP contribution in [0.3, 0.4) is 0 Å². The third-order valence-electron chi connectivity index (χ3n) is 3.23. The van der Waals surface area contributed by atoms with Crippen molar-refractivity contribution in [3.63, 3.8) is 0 Å². The molecule has 0 N–H and O–H groups in total. The summed E-state index contributed by atoms with van der Waals surface area (Å²) in [5.41, 5.74) is 1.92. The highest BCUT2D eigenvalue weighted by Gasteiger charge is 2.22. The van der Waals surface area contributed by atoms with Crippen molar-refractivity contribution in [2.24, 2.45) is 5.92 Å². The van der Waals surface area contributed by atoms with E-state index in [0.717, 1.165) is 35.1 Å². The van der Waals surface area contributed by atoms with Crippen molar-refractivity contribution in [3.05, 3.63) is 33.8 Å². The molecule has 0 aliphatic carbocycles. The molecule has 1 heterocycles. The fraction of sp³-hybridized carbons (Fsp3) is 0.500. The molecule has 1 aromatic carbocycles. The number of amides is 1. The molecule has 17 heavy (non-hydrogen) atoms. The summed E-state index contributed by atoms with van der Waals surface area (Å²) in [6, 6.07) is 5.90. The van der Waals surface area contributed by atoms with Crippen LogP contribution in [0.5, 0.6) is 0 Å². The van der Waals surface area contributed by atoms with Gasteiger partial charge in [-0.05, 0) is 49.4 Å². The van der Waals surface area contributed by atoms with Crippen LogP contribution in [0.2, 0.25) is 0 Å². The first kappa shape index (κ1) is 12.6. The van der Waals surface area contributed by atoms with Gasteiger partial charge < -0.3 is 4.90 Å². The van der Waals surface area contributed by atoms with Gasteiger partial charge >= 0.3 is 0 Å². The summed E-state index contributed by atoms with van der Waals surface area (Å²) in [5, 5.41) is 0. The van der Waals surface area contributed by atoms with E-state index >= 15 is 0 Å². The van der Waals surface area contributed by atoms with Crippen molar-refractivity contribution in [1.82, 2.24) is 4.90 Å². The van der Waals surface area contributed by atoms with Crippen molar-refractivity contribution in [1.29, 1.82) is 0 Å². The molecule has 3 heteroatoms. The molecular weight excluding hydrogens is 278 g/mol. The largest absolute Gasteiger partial charge is 0.338 e. The summed E-state index contributed by atoms with van der Waals surface area (Å²) >= 11 is 3.45. The van der Waals surface area contributed by atoms with Crippen LogP contribution in [0.15, 0.2) is 22.7 Å². The molecule has 1 fully saturated rings. The smallest absolute Gasteiger partial charge is 0.253 e. The van der Waals surface area contributed by atoms with Crippen LogP contribution in [0.25, 0.3) is 0 Å². The van der Waals surface area contributed by atoms with Crippen molar-refractivity contribution in [3.8, 4) is 0 Å². The number of halogens is 1. The standard InChI is InChI=1S/C14H18BrNO/c1-10-4-3-5-16(9-10)14(17)12-6-11(2)7-13(15)8-12/h6-8,10H,3-5,9H2,1-2H3. The number of carbonyl (C=O) groups excluding carboxylic acids is 1. The lowest BCUT2D eigenvalue weighted by Crippen LogP contribution is -2.39. The lowest BCUT2D eigenvalue weighted by molar-refractivity contribution is 0.0683. The first-order valence-corrected chi connectivity index (χ1v) is 6.92. The molecule has 0 bridgehead atoms. The van der Waals surface area contributed by atoms with Crippen LogP contribution in [-0.4, -0.2) is 23.9 Å². The molecule has 1 aromatic rings. The normalized spacial score (nSPS) is 20.4. The Bertz CT molecular complexity index is 410. The topological polar surface area (TPSA) is 20.3 Å². The van der Waals surface area contributed by atoms with E-state index in [2.05, 4.69) is 22.9 Å². The van der Waals surface area contributed by atoms with E-state index in [1.165, 1.54) is 6.42 Å². The van der Waals surface area contributed by atoms with Crippen molar-refractivity contribution in [2.75, 3.05) is 13.1 Å². The number of carbonyl (C=O) groups is 1. The summed E-state index contributed by atoms with van der Waals surface area (Å²) in [6.45, 7) is 6.02. The van der Waals surface area contributed by atoms with Crippen LogP contribution < -0.4 is 0 Å².